The van der Waals surface area contributed by atoms with Crippen LogP contribution < -0.4 is 0 Å². The number of nitrogens with one attached hydrogen (secondary N) is 1. The van der Waals surface area contributed by atoms with Crippen LogP contribution in [0.2, 0.25) is 0 Å². The molecule has 0 spiro atoms. The maximum absolute atomic E-state index is 11.6. The van der Waals surface area contributed by atoms with Crippen LogP contribution in [0.25, 0.3) is 10.9 Å². The summed E-state index contributed by atoms with van der Waals surface area (Å²) in [6, 6.07) is 8.81. The fourth-order valence-electron chi connectivity index (χ4n) is 6.77. The molecule has 4 aliphatic rings. The van der Waals surface area contributed by atoms with Crippen molar-refractivity contribution >= 4 is 10.9 Å². The Kier molecular flexibility index (Phi) is 5.62. The predicted octanol–water partition coefficient (Wildman–Crippen LogP) is 2.69. The van der Waals surface area contributed by atoms with Crippen molar-refractivity contribution in [1.29, 1.82) is 0 Å². The highest BCUT2D eigenvalue weighted by atomic mass is 16.6. The van der Waals surface area contributed by atoms with Crippen molar-refractivity contribution in [2.45, 2.75) is 43.4 Å². The van der Waals surface area contributed by atoms with E-state index in [1.54, 1.807) is 14.2 Å². The molecule has 2 saturated heterocycles. The third kappa shape index (κ3) is 3.12. The zero-order chi connectivity index (χ0) is 20.7. The summed E-state index contributed by atoms with van der Waals surface area (Å²) in [4.78, 5) is 6.40. The Bertz CT molecular complexity index is 883. The summed E-state index contributed by atoms with van der Waals surface area (Å²) in [5.41, 5.74) is 3.28. The topological polar surface area (TPSA) is 67.0 Å². The van der Waals surface area contributed by atoms with E-state index < -0.39 is 11.7 Å². The summed E-state index contributed by atoms with van der Waals surface area (Å²) < 4.78 is 16.7. The average molecular weight is 415 g/mol. The number of hydrogen-bond donors (Lipinski definition) is 2. The molecule has 6 nitrogen and oxygen atoms in total. The average Bonchev–Trinajstić information content (AvgIpc) is 3.10. The second kappa shape index (κ2) is 8.24. The summed E-state index contributed by atoms with van der Waals surface area (Å²) in [6.07, 6.45) is 3.35. The van der Waals surface area contributed by atoms with Crippen molar-refractivity contribution in [1.82, 2.24) is 9.88 Å². The number of aliphatic hydroxyl groups excluding tert-OH is 1. The van der Waals surface area contributed by atoms with Gasteiger partial charge in [0.2, 0.25) is 0 Å². The van der Waals surface area contributed by atoms with E-state index in [0.29, 0.717) is 25.0 Å². The second-order valence-corrected chi connectivity index (χ2v) is 9.32. The Hall–Kier alpha value is -1.44. The summed E-state index contributed by atoms with van der Waals surface area (Å²) in [6.45, 7) is 3.81. The number of aromatic nitrogens is 1. The molecule has 5 unspecified atom stereocenters. The van der Waals surface area contributed by atoms with Crippen LogP contribution in [0.1, 0.15) is 30.5 Å². The van der Waals surface area contributed by atoms with Gasteiger partial charge in [0, 0.05) is 56.6 Å². The lowest BCUT2D eigenvalue weighted by Crippen LogP contribution is -2.68. The van der Waals surface area contributed by atoms with Crippen molar-refractivity contribution < 1.29 is 19.3 Å². The number of nitrogens with zero attached hydrogens (tertiary/aromatic N) is 1. The van der Waals surface area contributed by atoms with Gasteiger partial charge in [-0.25, -0.2) is 0 Å². The van der Waals surface area contributed by atoms with Crippen LogP contribution in [0.4, 0.5) is 0 Å². The van der Waals surface area contributed by atoms with E-state index in [1.165, 1.54) is 23.1 Å². The SMILES string of the molecule is COCCOC(O)C12C[C@@H]3CC(CCOC)C1N(CCc1c2[nH]c2ccccc12)C3. The number of para-hydroxylation sites is 1. The summed E-state index contributed by atoms with van der Waals surface area (Å²) in [7, 11) is 3.45. The first-order valence-electron chi connectivity index (χ1n) is 11.3. The number of aromatic amines is 1. The van der Waals surface area contributed by atoms with Gasteiger partial charge in [-0.2, -0.15) is 0 Å². The van der Waals surface area contributed by atoms with E-state index in [0.717, 1.165) is 44.5 Å². The van der Waals surface area contributed by atoms with Crippen LogP contribution in [-0.4, -0.2) is 74.5 Å². The molecule has 2 N–H and O–H groups in total. The molecule has 30 heavy (non-hydrogen) atoms. The summed E-state index contributed by atoms with van der Waals surface area (Å²) >= 11 is 0. The van der Waals surface area contributed by atoms with E-state index in [2.05, 4.69) is 34.1 Å². The molecule has 3 fully saturated rings. The van der Waals surface area contributed by atoms with Crippen LogP contribution in [0.15, 0.2) is 24.3 Å². The number of benzene rings is 1. The maximum atomic E-state index is 11.6. The molecule has 1 aromatic heterocycles. The van der Waals surface area contributed by atoms with Gasteiger partial charge in [0.25, 0.3) is 0 Å². The second-order valence-electron chi connectivity index (χ2n) is 9.32. The standard InChI is InChI=1S/C24H34N2O4/c1-28-10-8-17-13-16-14-24(23(27)30-12-11-29-2)21-19(7-9-26(15-16)22(17)24)18-5-3-4-6-20(18)25-21/h3-6,16-17,22-23,25,27H,7-15H2,1-2H3/t16-,17?,22?,23?,24?/m0/s1. The van der Waals surface area contributed by atoms with Gasteiger partial charge in [0.05, 0.1) is 18.6 Å². The Morgan fingerprint density at radius 2 is 2.03 bits per heavy atom. The van der Waals surface area contributed by atoms with E-state index >= 15 is 0 Å². The molecule has 0 amide bonds. The zero-order valence-electron chi connectivity index (χ0n) is 18.1. The van der Waals surface area contributed by atoms with Gasteiger partial charge in [-0.1, -0.05) is 18.2 Å². The largest absolute Gasteiger partial charge is 0.385 e. The summed E-state index contributed by atoms with van der Waals surface area (Å²) in [5.74, 6) is 1.06. The lowest BCUT2D eigenvalue weighted by atomic mass is 9.56. The van der Waals surface area contributed by atoms with Gasteiger partial charge >= 0.3 is 0 Å². The molecular weight excluding hydrogens is 380 g/mol. The highest BCUT2D eigenvalue weighted by Gasteiger charge is 2.62. The first-order valence-corrected chi connectivity index (χ1v) is 11.3. The number of methoxy groups -OCH3 is 2. The highest BCUT2D eigenvalue weighted by molar-refractivity contribution is 5.85. The molecule has 164 valence electrons. The quantitative estimate of drug-likeness (QED) is 0.514. The molecule has 6 heteroatoms. The number of H-pyrrole nitrogens is 1. The molecule has 1 saturated carbocycles. The molecule has 4 bridgehead atoms. The fraction of sp³-hybridized carbons (Fsp3) is 0.667. The smallest absolute Gasteiger partial charge is 0.167 e. The molecule has 2 aromatic rings. The number of aliphatic hydroxyl groups is 1. The van der Waals surface area contributed by atoms with E-state index in [1.807, 2.05) is 0 Å². The Labute approximate surface area is 178 Å². The molecule has 3 aliphatic heterocycles. The third-order valence-electron chi connectivity index (χ3n) is 7.75. The summed E-state index contributed by atoms with van der Waals surface area (Å²) in [5, 5.41) is 12.9. The lowest BCUT2D eigenvalue weighted by Gasteiger charge is -2.60. The van der Waals surface area contributed by atoms with Crippen molar-refractivity contribution in [2.24, 2.45) is 11.8 Å². The van der Waals surface area contributed by atoms with Crippen molar-refractivity contribution in [3.05, 3.63) is 35.5 Å². The highest BCUT2D eigenvalue weighted by Crippen LogP contribution is 2.56. The van der Waals surface area contributed by atoms with E-state index in [4.69, 9.17) is 14.2 Å². The third-order valence-corrected chi connectivity index (χ3v) is 7.75. The van der Waals surface area contributed by atoms with Gasteiger partial charge in [-0.3, -0.25) is 4.90 Å². The minimum absolute atomic E-state index is 0.254. The number of hydrogen-bond acceptors (Lipinski definition) is 5. The van der Waals surface area contributed by atoms with Crippen LogP contribution in [0.5, 0.6) is 0 Å². The van der Waals surface area contributed by atoms with Crippen LogP contribution in [0, 0.1) is 11.8 Å². The van der Waals surface area contributed by atoms with Gasteiger partial charge in [0.15, 0.2) is 6.29 Å². The van der Waals surface area contributed by atoms with Crippen LogP contribution >= 0.6 is 0 Å². The fourth-order valence-corrected chi connectivity index (χ4v) is 6.77. The lowest BCUT2D eigenvalue weighted by molar-refractivity contribution is -0.209. The zero-order valence-corrected chi connectivity index (χ0v) is 18.1. The Morgan fingerprint density at radius 3 is 2.87 bits per heavy atom. The minimum Gasteiger partial charge on any atom is -0.385 e. The monoisotopic (exact) mass is 414 g/mol. The van der Waals surface area contributed by atoms with Gasteiger partial charge in [-0.15, -0.1) is 0 Å². The molecule has 6 atom stereocenters. The normalized spacial score (nSPS) is 33.4. The molecule has 4 heterocycles. The van der Waals surface area contributed by atoms with Gasteiger partial charge in [-0.05, 0) is 49.1 Å². The number of fused-ring (bicyclic) bond motifs is 4. The molecule has 1 aliphatic carbocycles. The first kappa shape index (κ1) is 20.5. The van der Waals surface area contributed by atoms with E-state index in [9.17, 15) is 5.11 Å². The molecule has 1 aromatic carbocycles. The van der Waals surface area contributed by atoms with Crippen molar-refractivity contribution in [3.63, 3.8) is 0 Å². The number of rotatable bonds is 8. The molecule has 6 rings (SSSR count). The molecule has 0 radical (unpaired) electrons. The predicted molar refractivity (Wildman–Crippen MR) is 116 cm³/mol. The van der Waals surface area contributed by atoms with Crippen molar-refractivity contribution in [2.75, 3.05) is 47.1 Å². The minimum atomic E-state index is -0.863. The molecular formula is C24H34N2O4. The first-order chi connectivity index (χ1) is 14.7. The van der Waals surface area contributed by atoms with Crippen LogP contribution in [-0.2, 0) is 26.0 Å². The number of piperidine rings is 2. The number of ether oxygens (including phenoxy) is 3. The Balaban J connectivity index is 1.64. The van der Waals surface area contributed by atoms with Crippen LogP contribution in [0.3, 0.4) is 0 Å². The van der Waals surface area contributed by atoms with Gasteiger partial charge < -0.3 is 24.3 Å². The Morgan fingerprint density at radius 1 is 1.20 bits per heavy atom. The maximum Gasteiger partial charge on any atom is 0.167 e. The van der Waals surface area contributed by atoms with Crippen molar-refractivity contribution in [3.8, 4) is 0 Å². The van der Waals surface area contributed by atoms with Gasteiger partial charge in [0.1, 0.15) is 0 Å². The van der Waals surface area contributed by atoms with E-state index in [-0.39, 0.29) is 6.04 Å².